The molecule has 1 amide bonds. The Morgan fingerprint density at radius 1 is 1.06 bits per heavy atom. The van der Waals surface area contributed by atoms with Crippen molar-refractivity contribution in [3.63, 3.8) is 0 Å². The van der Waals surface area contributed by atoms with Crippen LogP contribution in [-0.4, -0.2) is 41.6 Å². The first-order chi connectivity index (χ1) is 15.8. The number of carbonyl (C=O) groups excluding carboxylic acids is 1. The first-order valence-corrected chi connectivity index (χ1v) is 12.9. The number of carbonyl (C=O) groups is 1. The van der Waals surface area contributed by atoms with Crippen molar-refractivity contribution in [2.24, 2.45) is 5.92 Å². The molecule has 0 aliphatic heterocycles. The van der Waals surface area contributed by atoms with E-state index >= 15 is 0 Å². The Balaban J connectivity index is 2.32. The number of hydrogen-bond donors (Lipinski definition) is 1. The largest absolute Gasteiger partial charge is 0.493 e. The molecule has 0 aliphatic rings. The summed E-state index contributed by atoms with van der Waals surface area (Å²) in [5.74, 6) is 0.676. The van der Waals surface area contributed by atoms with Crippen molar-refractivity contribution in [3.8, 4) is 11.5 Å². The molecule has 0 heterocycles. The zero-order valence-corrected chi connectivity index (χ0v) is 21.2. The molecule has 2 aromatic rings. The summed E-state index contributed by atoms with van der Waals surface area (Å²) in [6, 6.07) is 10.6. The summed E-state index contributed by atoms with van der Waals surface area (Å²) in [6.07, 6.45) is 4.17. The second-order valence-corrected chi connectivity index (χ2v) is 10.0. The SMILES string of the molecule is CCCCC(CC)CNC(=O)CN(c1ccc(Cl)cc1)S(=O)(=O)c1ccc(OC)c(OC)c1. The second kappa shape index (κ2) is 12.7. The maximum atomic E-state index is 13.6. The summed E-state index contributed by atoms with van der Waals surface area (Å²) in [5, 5.41) is 3.37. The van der Waals surface area contributed by atoms with E-state index in [1.165, 1.54) is 32.4 Å². The number of sulfonamides is 1. The standard InChI is InChI=1S/C24H33ClN2O5S/c1-5-7-8-18(6-2)16-26-24(28)17-27(20-11-9-19(25)10-12-20)33(29,30)21-13-14-22(31-3)23(15-21)32-4/h9-15,18H,5-8,16-17H2,1-4H3,(H,26,28). The maximum Gasteiger partial charge on any atom is 0.264 e. The van der Waals surface area contributed by atoms with Gasteiger partial charge in [0.25, 0.3) is 10.0 Å². The van der Waals surface area contributed by atoms with Gasteiger partial charge < -0.3 is 14.8 Å². The zero-order valence-electron chi connectivity index (χ0n) is 19.6. The fourth-order valence-electron chi connectivity index (χ4n) is 3.41. The van der Waals surface area contributed by atoms with Gasteiger partial charge >= 0.3 is 0 Å². The van der Waals surface area contributed by atoms with Gasteiger partial charge in [-0.15, -0.1) is 0 Å². The molecule has 0 aliphatic carbocycles. The van der Waals surface area contributed by atoms with Crippen LogP contribution in [-0.2, 0) is 14.8 Å². The number of benzene rings is 2. The second-order valence-electron chi connectivity index (χ2n) is 7.73. The third-order valence-corrected chi connectivity index (χ3v) is 7.50. The normalized spacial score (nSPS) is 12.2. The molecule has 0 saturated heterocycles. The molecule has 182 valence electrons. The van der Waals surface area contributed by atoms with Crippen LogP contribution in [0.5, 0.6) is 11.5 Å². The Morgan fingerprint density at radius 2 is 1.73 bits per heavy atom. The summed E-state index contributed by atoms with van der Waals surface area (Å²) in [7, 11) is -1.18. The molecule has 0 aromatic heterocycles. The molecule has 7 nitrogen and oxygen atoms in total. The minimum Gasteiger partial charge on any atom is -0.493 e. The van der Waals surface area contributed by atoms with Gasteiger partial charge in [0.1, 0.15) is 6.54 Å². The fourth-order valence-corrected chi connectivity index (χ4v) is 4.98. The molecule has 1 N–H and O–H groups in total. The molecule has 0 saturated carbocycles. The van der Waals surface area contributed by atoms with Crippen LogP contribution in [0.3, 0.4) is 0 Å². The maximum absolute atomic E-state index is 13.6. The minimum atomic E-state index is -4.08. The molecule has 0 spiro atoms. The first kappa shape index (κ1) is 26.8. The van der Waals surface area contributed by atoms with Gasteiger partial charge in [-0.1, -0.05) is 44.7 Å². The number of ether oxygens (including phenoxy) is 2. The van der Waals surface area contributed by atoms with Gasteiger partial charge in [-0.25, -0.2) is 8.42 Å². The predicted molar refractivity (Wildman–Crippen MR) is 132 cm³/mol. The zero-order chi connectivity index (χ0) is 24.4. The molecule has 1 unspecified atom stereocenters. The molecular weight excluding hydrogens is 464 g/mol. The molecule has 33 heavy (non-hydrogen) atoms. The average Bonchev–Trinajstić information content (AvgIpc) is 2.82. The van der Waals surface area contributed by atoms with Gasteiger partial charge in [-0.2, -0.15) is 0 Å². The lowest BCUT2D eigenvalue weighted by Gasteiger charge is -2.25. The lowest BCUT2D eigenvalue weighted by Crippen LogP contribution is -2.42. The highest BCUT2D eigenvalue weighted by atomic mass is 35.5. The number of nitrogens with zero attached hydrogens (tertiary/aromatic N) is 1. The molecule has 1 atom stereocenters. The summed E-state index contributed by atoms with van der Waals surface area (Å²) in [4.78, 5) is 12.8. The van der Waals surface area contributed by atoms with Crippen LogP contribution in [0.15, 0.2) is 47.4 Å². The van der Waals surface area contributed by atoms with Crippen molar-refractivity contribution in [1.29, 1.82) is 0 Å². The van der Waals surface area contributed by atoms with Crippen molar-refractivity contribution in [2.75, 3.05) is 31.6 Å². The van der Waals surface area contributed by atoms with Gasteiger partial charge in [0.2, 0.25) is 5.91 Å². The quantitative estimate of drug-likeness (QED) is 0.427. The lowest BCUT2D eigenvalue weighted by molar-refractivity contribution is -0.119. The number of unbranched alkanes of at least 4 members (excludes halogenated alkanes) is 1. The number of amides is 1. The summed E-state index contributed by atoms with van der Waals surface area (Å²) >= 11 is 5.99. The van der Waals surface area contributed by atoms with Crippen molar-refractivity contribution < 1.29 is 22.7 Å². The van der Waals surface area contributed by atoms with Gasteiger partial charge in [0.15, 0.2) is 11.5 Å². The van der Waals surface area contributed by atoms with Gasteiger partial charge in [0.05, 0.1) is 24.8 Å². The highest BCUT2D eigenvalue weighted by Gasteiger charge is 2.28. The lowest BCUT2D eigenvalue weighted by atomic mass is 9.99. The van der Waals surface area contributed by atoms with E-state index in [-0.39, 0.29) is 23.1 Å². The Kier molecular flexibility index (Phi) is 10.3. The molecule has 9 heteroatoms. The average molecular weight is 497 g/mol. The van der Waals surface area contributed by atoms with E-state index in [0.717, 1.165) is 30.0 Å². The number of hydrogen-bond acceptors (Lipinski definition) is 5. The number of nitrogens with one attached hydrogen (secondary N) is 1. The van der Waals surface area contributed by atoms with Gasteiger partial charge in [-0.05, 0) is 48.7 Å². The van der Waals surface area contributed by atoms with E-state index in [1.54, 1.807) is 24.3 Å². The Hall–Kier alpha value is -2.45. The Morgan fingerprint density at radius 3 is 2.30 bits per heavy atom. The van der Waals surface area contributed by atoms with Crippen molar-refractivity contribution >= 4 is 33.2 Å². The van der Waals surface area contributed by atoms with Crippen LogP contribution in [0.25, 0.3) is 0 Å². The number of halogens is 1. The monoisotopic (exact) mass is 496 g/mol. The summed E-state index contributed by atoms with van der Waals surface area (Å²) < 4.78 is 38.7. The van der Waals surface area contributed by atoms with E-state index < -0.39 is 10.0 Å². The molecule has 0 bridgehead atoms. The molecule has 2 aromatic carbocycles. The van der Waals surface area contributed by atoms with Crippen LogP contribution in [0.1, 0.15) is 39.5 Å². The van der Waals surface area contributed by atoms with E-state index in [4.69, 9.17) is 21.1 Å². The van der Waals surface area contributed by atoms with Crippen molar-refractivity contribution in [1.82, 2.24) is 5.32 Å². The highest BCUT2D eigenvalue weighted by molar-refractivity contribution is 7.92. The van der Waals surface area contributed by atoms with E-state index in [1.807, 2.05) is 0 Å². The van der Waals surface area contributed by atoms with Crippen LogP contribution >= 0.6 is 11.6 Å². The molecule has 2 rings (SSSR count). The topological polar surface area (TPSA) is 84.9 Å². The van der Waals surface area contributed by atoms with Crippen molar-refractivity contribution in [3.05, 3.63) is 47.5 Å². The summed E-state index contributed by atoms with van der Waals surface area (Å²) in [6.45, 7) is 4.38. The van der Waals surface area contributed by atoms with E-state index in [0.29, 0.717) is 28.9 Å². The van der Waals surface area contributed by atoms with Gasteiger partial charge in [-0.3, -0.25) is 9.10 Å². The Labute approximate surface area is 202 Å². The van der Waals surface area contributed by atoms with E-state index in [2.05, 4.69) is 19.2 Å². The number of anilines is 1. The highest BCUT2D eigenvalue weighted by Crippen LogP contribution is 2.32. The first-order valence-electron chi connectivity index (χ1n) is 11.0. The Bertz CT molecular complexity index is 1010. The van der Waals surface area contributed by atoms with Crippen LogP contribution in [0, 0.1) is 5.92 Å². The molecular formula is C24H33ClN2O5S. The van der Waals surface area contributed by atoms with Crippen molar-refractivity contribution in [2.45, 2.75) is 44.4 Å². The minimum absolute atomic E-state index is 0.0164. The van der Waals surface area contributed by atoms with Gasteiger partial charge in [0, 0.05) is 17.6 Å². The van der Waals surface area contributed by atoms with Crippen LogP contribution in [0.4, 0.5) is 5.69 Å². The summed E-state index contributed by atoms with van der Waals surface area (Å²) in [5.41, 5.74) is 0.336. The third kappa shape index (κ3) is 7.27. The number of methoxy groups -OCH3 is 2. The third-order valence-electron chi connectivity index (χ3n) is 5.48. The fraction of sp³-hybridized carbons (Fsp3) is 0.458. The smallest absolute Gasteiger partial charge is 0.264 e. The molecule has 0 fully saturated rings. The van der Waals surface area contributed by atoms with Crippen LogP contribution in [0.2, 0.25) is 5.02 Å². The predicted octanol–water partition coefficient (Wildman–Crippen LogP) is 4.89. The van der Waals surface area contributed by atoms with E-state index in [9.17, 15) is 13.2 Å². The molecule has 0 radical (unpaired) electrons. The number of rotatable bonds is 13. The van der Waals surface area contributed by atoms with Crippen LogP contribution < -0.4 is 19.1 Å².